The van der Waals surface area contributed by atoms with E-state index in [1.165, 1.54) is 25.5 Å². The van der Waals surface area contributed by atoms with Gasteiger partial charge in [0.15, 0.2) is 11.4 Å². The van der Waals surface area contributed by atoms with Crippen molar-refractivity contribution >= 4 is 40.9 Å². The topological polar surface area (TPSA) is 151 Å². The lowest BCUT2D eigenvalue weighted by atomic mass is 10.2. The molecule has 0 aliphatic carbocycles. The fourth-order valence-electron chi connectivity index (χ4n) is 3.22. The summed E-state index contributed by atoms with van der Waals surface area (Å²) in [6, 6.07) is 9.18. The van der Waals surface area contributed by atoms with Crippen molar-refractivity contribution in [1.29, 1.82) is 0 Å². The van der Waals surface area contributed by atoms with Gasteiger partial charge in [-0.2, -0.15) is 18.4 Å². The number of methoxy groups -OCH3 is 2. The average Bonchev–Trinajstić information content (AvgIpc) is 3.31. The summed E-state index contributed by atoms with van der Waals surface area (Å²) in [6.07, 6.45) is 0.952. The van der Waals surface area contributed by atoms with Crippen molar-refractivity contribution < 1.29 is 36.0 Å². The van der Waals surface area contributed by atoms with E-state index < -0.39 is 24.1 Å². The molecule has 0 atom stereocenters. The van der Waals surface area contributed by atoms with Crippen molar-refractivity contribution in [3.63, 3.8) is 0 Å². The number of carbonyl (C=O) groups excluding carboxylic acids is 1. The van der Waals surface area contributed by atoms with Gasteiger partial charge in [0.05, 0.1) is 35.2 Å². The van der Waals surface area contributed by atoms with Gasteiger partial charge < -0.3 is 29.3 Å². The second-order valence-corrected chi connectivity index (χ2v) is 16.0. The standard InChI is InChI=1S/C24H32N4O8SSi/c1-15-8-9-16(38(5,6)7)14-18(15)36-19-11-10-17(35-19)21(29)26-20-22(32-2)27-24(28-23(20)33-3)25-12-13-34-37(4,30)31/h8-11,14H,12-13H2,1-7H3,(H,26,29)(H,25,27,28). The molecule has 0 saturated heterocycles. The first-order valence-electron chi connectivity index (χ1n) is 11.6. The van der Waals surface area contributed by atoms with Crippen LogP contribution < -0.4 is 30.0 Å². The third-order valence-corrected chi connectivity index (χ3v) is 7.86. The van der Waals surface area contributed by atoms with Crippen LogP contribution in [-0.4, -0.2) is 66.0 Å². The predicted octanol–water partition coefficient (Wildman–Crippen LogP) is 3.37. The first-order chi connectivity index (χ1) is 17.8. The molecular formula is C24H32N4O8SSi. The van der Waals surface area contributed by atoms with Crippen molar-refractivity contribution in [1.82, 2.24) is 9.97 Å². The molecule has 2 heterocycles. The molecule has 0 radical (unpaired) electrons. The predicted molar refractivity (Wildman–Crippen MR) is 145 cm³/mol. The molecule has 0 bridgehead atoms. The summed E-state index contributed by atoms with van der Waals surface area (Å²) < 4.78 is 49.0. The molecule has 14 heteroatoms. The third-order valence-electron chi connectivity index (χ3n) is 5.22. The molecular weight excluding hydrogens is 532 g/mol. The number of aromatic nitrogens is 2. The van der Waals surface area contributed by atoms with Gasteiger partial charge in [-0.1, -0.05) is 37.0 Å². The third kappa shape index (κ3) is 7.69. The van der Waals surface area contributed by atoms with Gasteiger partial charge in [-0.15, -0.1) is 0 Å². The SMILES string of the molecule is COc1nc(NCCOS(C)(=O)=O)nc(OC)c1NC(=O)c1ccc(Oc2cc([Si](C)(C)C)ccc2C)o1. The second-order valence-electron chi connectivity index (χ2n) is 9.30. The molecule has 206 valence electrons. The molecule has 1 amide bonds. The molecule has 0 aliphatic heterocycles. The molecule has 0 unspecified atom stereocenters. The number of nitrogens with zero attached hydrogens (tertiary/aromatic N) is 2. The van der Waals surface area contributed by atoms with Crippen LogP contribution in [0.25, 0.3) is 0 Å². The van der Waals surface area contributed by atoms with Gasteiger partial charge >= 0.3 is 0 Å². The average molecular weight is 565 g/mol. The Morgan fingerprint density at radius 3 is 2.29 bits per heavy atom. The van der Waals surface area contributed by atoms with Crippen LogP contribution in [0.3, 0.4) is 0 Å². The number of anilines is 2. The largest absolute Gasteiger partial charge is 0.479 e. The fourth-order valence-corrected chi connectivity index (χ4v) is 4.75. The summed E-state index contributed by atoms with van der Waals surface area (Å²) in [7, 11) is -2.39. The second kappa shape index (κ2) is 11.8. The Labute approximate surface area is 222 Å². The van der Waals surface area contributed by atoms with Crippen molar-refractivity contribution in [3.05, 3.63) is 41.7 Å². The molecule has 0 spiro atoms. The van der Waals surface area contributed by atoms with Crippen molar-refractivity contribution in [2.45, 2.75) is 26.6 Å². The van der Waals surface area contributed by atoms with Crippen molar-refractivity contribution in [2.24, 2.45) is 0 Å². The summed E-state index contributed by atoms with van der Waals surface area (Å²) >= 11 is 0. The number of benzene rings is 1. The Bertz CT molecular complexity index is 1380. The maximum atomic E-state index is 12.9. The number of amides is 1. The highest BCUT2D eigenvalue weighted by Crippen LogP contribution is 2.33. The quantitative estimate of drug-likeness (QED) is 0.189. The smallest absolute Gasteiger partial charge is 0.291 e. The maximum Gasteiger partial charge on any atom is 0.291 e. The minimum absolute atomic E-state index is 0.0109. The van der Waals surface area contributed by atoms with Crippen LogP contribution in [0.2, 0.25) is 19.6 Å². The van der Waals surface area contributed by atoms with Crippen LogP contribution >= 0.6 is 0 Å². The number of hydrogen-bond acceptors (Lipinski definition) is 11. The van der Waals surface area contributed by atoms with Gasteiger partial charge in [-0.3, -0.25) is 8.98 Å². The molecule has 0 aliphatic rings. The van der Waals surface area contributed by atoms with E-state index in [1.807, 2.05) is 19.1 Å². The van der Waals surface area contributed by atoms with Gasteiger partial charge in [0.25, 0.3) is 22.0 Å². The van der Waals surface area contributed by atoms with E-state index in [-0.39, 0.29) is 48.3 Å². The van der Waals surface area contributed by atoms with Gasteiger partial charge in [-0.05, 0) is 24.6 Å². The van der Waals surface area contributed by atoms with Crippen LogP contribution in [0.4, 0.5) is 11.6 Å². The molecule has 3 aromatic rings. The highest BCUT2D eigenvalue weighted by Gasteiger charge is 2.22. The van der Waals surface area contributed by atoms with E-state index in [1.54, 1.807) is 6.07 Å². The van der Waals surface area contributed by atoms with Crippen molar-refractivity contribution in [2.75, 3.05) is 44.3 Å². The highest BCUT2D eigenvalue weighted by atomic mass is 32.2. The number of hydrogen-bond donors (Lipinski definition) is 2. The van der Waals surface area contributed by atoms with E-state index in [2.05, 4.69) is 50.5 Å². The molecule has 1 aromatic carbocycles. The molecule has 0 saturated carbocycles. The monoisotopic (exact) mass is 564 g/mol. The highest BCUT2D eigenvalue weighted by molar-refractivity contribution is 7.85. The minimum Gasteiger partial charge on any atom is -0.479 e. The van der Waals surface area contributed by atoms with Crippen LogP contribution in [0.1, 0.15) is 16.1 Å². The Kier molecular flexibility index (Phi) is 9.01. The number of carbonyl (C=O) groups is 1. The Morgan fingerprint density at radius 1 is 1.05 bits per heavy atom. The van der Waals surface area contributed by atoms with Crippen LogP contribution in [0.15, 0.2) is 34.7 Å². The minimum atomic E-state index is -3.57. The molecule has 38 heavy (non-hydrogen) atoms. The van der Waals surface area contributed by atoms with Crippen LogP contribution in [0, 0.1) is 6.92 Å². The molecule has 0 fully saturated rings. The summed E-state index contributed by atoms with van der Waals surface area (Å²) in [4.78, 5) is 21.3. The zero-order chi connectivity index (χ0) is 28.1. The van der Waals surface area contributed by atoms with Crippen LogP contribution in [0.5, 0.6) is 23.5 Å². The van der Waals surface area contributed by atoms with Gasteiger partial charge in [0.1, 0.15) is 5.75 Å². The van der Waals surface area contributed by atoms with E-state index >= 15 is 0 Å². The Balaban J connectivity index is 1.74. The summed E-state index contributed by atoms with van der Waals surface area (Å²) in [5.41, 5.74) is 1.02. The summed E-state index contributed by atoms with van der Waals surface area (Å²) in [6.45, 7) is 8.66. The van der Waals surface area contributed by atoms with E-state index in [0.29, 0.717) is 5.75 Å². The number of rotatable bonds is 12. The Morgan fingerprint density at radius 2 is 1.71 bits per heavy atom. The number of ether oxygens (including phenoxy) is 3. The Hall–Kier alpha value is -3.62. The lowest BCUT2D eigenvalue weighted by molar-refractivity contribution is 0.0990. The zero-order valence-corrected chi connectivity index (χ0v) is 24.2. The molecule has 2 aromatic heterocycles. The lowest BCUT2D eigenvalue weighted by Crippen LogP contribution is -2.37. The normalized spacial score (nSPS) is 11.7. The summed E-state index contributed by atoms with van der Waals surface area (Å²) in [5, 5.41) is 6.68. The van der Waals surface area contributed by atoms with Gasteiger partial charge in [-0.25, -0.2) is 0 Å². The molecule has 2 N–H and O–H groups in total. The van der Waals surface area contributed by atoms with Crippen molar-refractivity contribution in [3.8, 4) is 23.5 Å². The molecule has 12 nitrogen and oxygen atoms in total. The van der Waals surface area contributed by atoms with E-state index in [9.17, 15) is 13.2 Å². The number of aryl methyl sites for hydroxylation is 1. The van der Waals surface area contributed by atoms with E-state index in [0.717, 1.165) is 11.8 Å². The number of nitrogens with one attached hydrogen (secondary N) is 2. The number of furan rings is 1. The zero-order valence-electron chi connectivity index (χ0n) is 22.4. The van der Waals surface area contributed by atoms with Gasteiger partial charge in [0.2, 0.25) is 17.7 Å². The van der Waals surface area contributed by atoms with Crippen LogP contribution in [-0.2, 0) is 14.3 Å². The first-order valence-corrected chi connectivity index (χ1v) is 16.9. The fraction of sp³-hybridized carbons (Fsp3) is 0.375. The van der Waals surface area contributed by atoms with Gasteiger partial charge in [0, 0.05) is 12.6 Å². The lowest BCUT2D eigenvalue weighted by Gasteiger charge is -2.18. The summed E-state index contributed by atoms with van der Waals surface area (Å²) in [5.74, 6) is 0.318. The first kappa shape index (κ1) is 28.9. The molecule has 3 rings (SSSR count). The maximum absolute atomic E-state index is 12.9. The van der Waals surface area contributed by atoms with E-state index in [4.69, 9.17) is 18.6 Å².